The molecule has 2 heterocycles. The standard InChI is InChI=1S/C16H19N3O4S/c1-2-23-13-5-3-11(4-6-13)17-15(21)18-8-7-12(9-18)19-14(20)10-24-16(19)22/h3-6,12H,2,7-10H2,1H3,(H,17,21). The van der Waals surface area contributed by atoms with Crippen molar-refractivity contribution >= 4 is 34.6 Å². The van der Waals surface area contributed by atoms with Crippen LogP contribution in [0.4, 0.5) is 15.3 Å². The molecule has 0 aromatic heterocycles. The first-order valence-electron chi connectivity index (χ1n) is 7.86. The lowest BCUT2D eigenvalue weighted by Crippen LogP contribution is -2.42. The van der Waals surface area contributed by atoms with E-state index in [-0.39, 0.29) is 29.0 Å². The number of nitrogens with zero attached hydrogens (tertiary/aromatic N) is 2. The minimum Gasteiger partial charge on any atom is -0.494 e. The van der Waals surface area contributed by atoms with Gasteiger partial charge in [-0.1, -0.05) is 11.8 Å². The van der Waals surface area contributed by atoms with Gasteiger partial charge in [0.25, 0.3) is 5.24 Å². The Kier molecular flexibility index (Phi) is 4.94. The van der Waals surface area contributed by atoms with Crippen LogP contribution in [0.2, 0.25) is 0 Å². The van der Waals surface area contributed by atoms with Crippen LogP contribution in [0, 0.1) is 0 Å². The highest BCUT2D eigenvalue weighted by molar-refractivity contribution is 8.14. The molecule has 1 N–H and O–H groups in total. The molecule has 8 heteroatoms. The van der Waals surface area contributed by atoms with Crippen LogP contribution in [0.5, 0.6) is 5.75 Å². The fraction of sp³-hybridized carbons (Fsp3) is 0.438. The van der Waals surface area contributed by atoms with Gasteiger partial charge in [-0.2, -0.15) is 0 Å². The first-order chi connectivity index (χ1) is 11.6. The minimum absolute atomic E-state index is 0.163. The molecule has 0 bridgehead atoms. The zero-order valence-corrected chi connectivity index (χ0v) is 14.2. The molecule has 1 unspecified atom stereocenters. The van der Waals surface area contributed by atoms with Crippen molar-refractivity contribution in [2.75, 3.05) is 30.8 Å². The van der Waals surface area contributed by atoms with E-state index in [1.54, 1.807) is 29.2 Å². The predicted molar refractivity (Wildman–Crippen MR) is 91.3 cm³/mol. The number of imide groups is 1. The summed E-state index contributed by atoms with van der Waals surface area (Å²) in [4.78, 5) is 38.8. The van der Waals surface area contributed by atoms with Crippen molar-refractivity contribution in [3.63, 3.8) is 0 Å². The van der Waals surface area contributed by atoms with Crippen molar-refractivity contribution in [2.24, 2.45) is 0 Å². The van der Waals surface area contributed by atoms with Crippen molar-refractivity contribution in [2.45, 2.75) is 19.4 Å². The van der Waals surface area contributed by atoms with E-state index in [4.69, 9.17) is 4.74 Å². The van der Waals surface area contributed by atoms with Gasteiger partial charge in [0.05, 0.1) is 18.4 Å². The zero-order valence-electron chi connectivity index (χ0n) is 13.4. The number of carbonyl (C=O) groups excluding carboxylic acids is 3. The minimum atomic E-state index is -0.228. The molecule has 1 aromatic rings. The Morgan fingerprint density at radius 2 is 2.08 bits per heavy atom. The fourth-order valence-electron chi connectivity index (χ4n) is 2.86. The molecule has 1 atom stereocenters. The van der Waals surface area contributed by atoms with Gasteiger partial charge >= 0.3 is 6.03 Å². The largest absolute Gasteiger partial charge is 0.494 e. The molecule has 24 heavy (non-hydrogen) atoms. The number of amides is 4. The van der Waals surface area contributed by atoms with Crippen LogP contribution in [0.25, 0.3) is 0 Å². The molecule has 0 spiro atoms. The van der Waals surface area contributed by atoms with Crippen LogP contribution in [-0.4, -0.2) is 58.5 Å². The fourth-order valence-corrected chi connectivity index (χ4v) is 3.63. The van der Waals surface area contributed by atoms with E-state index in [1.807, 2.05) is 6.92 Å². The number of hydrogen-bond acceptors (Lipinski definition) is 5. The summed E-state index contributed by atoms with van der Waals surface area (Å²) in [5, 5.41) is 2.62. The highest BCUT2D eigenvalue weighted by atomic mass is 32.2. The van der Waals surface area contributed by atoms with Crippen molar-refractivity contribution in [3.05, 3.63) is 24.3 Å². The SMILES string of the molecule is CCOc1ccc(NC(=O)N2CCC(N3C(=O)CSC3=O)C2)cc1. The molecule has 0 saturated carbocycles. The van der Waals surface area contributed by atoms with Crippen molar-refractivity contribution < 1.29 is 19.1 Å². The quantitative estimate of drug-likeness (QED) is 0.903. The molecule has 2 aliphatic rings. The van der Waals surface area contributed by atoms with Gasteiger partial charge < -0.3 is 15.0 Å². The molecule has 2 saturated heterocycles. The summed E-state index contributed by atoms with van der Waals surface area (Å²) in [6.07, 6.45) is 0.620. The van der Waals surface area contributed by atoms with Gasteiger partial charge in [0.15, 0.2) is 0 Å². The van der Waals surface area contributed by atoms with Crippen LogP contribution >= 0.6 is 11.8 Å². The molecule has 0 radical (unpaired) electrons. The van der Waals surface area contributed by atoms with Gasteiger partial charge in [0, 0.05) is 18.8 Å². The maximum Gasteiger partial charge on any atom is 0.321 e. The lowest BCUT2D eigenvalue weighted by atomic mass is 10.2. The maximum absolute atomic E-state index is 12.3. The van der Waals surface area contributed by atoms with Crippen LogP contribution in [-0.2, 0) is 4.79 Å². The number of ether oxygens (including phenoxy) is 1. The molecule has 0 aliphatic carbocycles. The van der Waals surface area contributed by atoms with Crippen molar-refractivity contribution in [3.8, 4) is 5.75 Å². The van der Waals surface area contributed by atoms with E-state index in [1.165, 1.54) is 4.90 Å². The van der Waals surface area contributed by atoms with Gasteiger partial charge in [0.1, 0.15) is 5.75 Å². The Hall–Kier alpha value is -2.22. The second kappa shape index (κ2) is 7.12. The summed E-state index contributed by atoms with van der Waals surface area (Å²) in [5.41, 5.74) is 0.677. The predicted octanol–water partition coefficient (Wildman–Crippen LogP) is 2.39. The maximum atomic E-state index is 12.3. The highest BCUT2D eigenvalue weighted by Gasteiger charge is 2.40. The van der Waals surface area contributed by atoms with Gasteiger partial charge in [0.2, 0.25) is 5.91 Å². The molecular formula is C16H19N3O4S. The van der Waals surface area contributed by atoms with Crippen molar-refractivity contribution in [1.82, 2.24) is 9.80 Å². The summed E-state index contributed by atoms with van der Waals surface area (Å²) >= 11 is 1.02. The molecule has 128 valence electrons. The smallest absolute Gasteiger partial charge is 0.321 e. The molecule has 2 aliphatic heterocycles. The van der Waals surface area contributed by atoms with Crippen molar-refractivity contribution in [1.29, 1.82) is 0 Å². The Labute approximate surface area is 144 Å². The first-order valence-corrected chi connectivity index (χ1v) is 8.84. The highest BCUT2D eigenvalue weighted by Crippen LogP contribution is 2.26. The van der Waals surface area contributed by atoms with Crippen LogP contribution in [0.3, 0.4) is 0 Å². The Morgan fingerprint density at radius 3 is 2.71 bits per heavy atom. The van der Waals surface area contributed by atoms with Gasteiger partial charge in [-0.25, -0.2) is 4.79 Å². The molecule has 2 fully saturated rings. The second-order valence-electron chi connectivity index (χ2n) is 5.59. The van der Waals surface area contributed by atoms with Crippen LogP contribution < -0.4 is 10.1 Å². The van der Waals surface area contributed by atoms with E-state index in [0.717, 1.165) is 17.5 Å². The molecule has 1 aromatic carbocycles. The number of anilines is 1. The van der Waals surface area contributed by atoms with E-state index >= 15 is 0 Å². The lowest BCUT2D eigenvalue weighted by molar-refractivity contribution is -0.126. The monoisotopic (exact) mass is 349 g/mol. The summed E-state index contributed by atoms with van der Waals surface area (Å²) < 4.78 is 5.36. The van der Waals surface area contributed by atoms with E-state index in [0.29, 0.717) is 31.8 Å². The van der Waals surface area contributed by atoms with Gasteiger partial charge in [-0.05, 0) is 37.6 Å². The van der Waals surface area contributed by atoms with E-state index < -0.39 is 0 Å². The van der Waals surface area contributed by atoms with Crippen LogP contribution in [0.15, 0.2) is 24.3 Å². The number of benzene rings is 1. The topological polar surface area (TPSA) is 79.0 Å². The number of nitrogens with one attached hydrogen (secondary N) is 1. The van der Waals surface area contributed by atoms with E-state index in [2.05, 4.69) is 5.32 Å². The average Bonchev–Trinajstić information content (AvgIpc) is 3.16. The molecule has 7 nitrogen and oxygen atoms in total. The second-order valence-corrected chi connectivity index (χ2v) is 6.52. The number of hydrogen-bond donors (Lipinski definition) is 1. The number of carbonyl (C=O) groups is 3. The third kappa shape index (κ3) is 3.48. The number of likely N-dealkylation sites (tertiary alicyclic amines) is 1. The van der Waals surface area contributed by atoms with Gasteiger partial charge in [-0.15, -0.1) is 0 Å². The number of thioether (sulfide) groups is 1. The normalized spacial score (nSPS) is 20.6. The van der Waals surface area contributed by atoms with Crippen LogP contribution in [0.1, 0.15) is 13.3 Å². The third-order valence-electron chi connectivity index (χ3n) is 4.02. The Bertz CT molecular complexity index is 633. The zero-order chi connectivity index (χ0) is 17.1. The summed E-state index contributed by atoms with van der Waals surface area (Å²) in [7, 11) is 0. The Balaban J connectivity index is 1.56. The summed E-state index contributed by atoms with van der Waals surface area (Å²) in [6, 6.07) is 6.70. The summed E-state index contributed by atoms with van der Waals surface area (Å²) in [5.74, 6) is 0.789. The molecular weight excluding hydrogens is 330 g/mol. The number of urea groups is 1. The molecule has 4 amide bonds. The number of rotatable bonds is 4. The summed E-state index contributed by atoms with van der Waals surface area (Å²) in [6.45, 7) is 3.40. The molecule has 3 rings (SSSR count). The first kappa shape index (κ1) is 16.6. The van der Waals surface area contributed by atoms with Gasteiger partial charge in [-0.3, -0.25) is 14.5 Å². The van der Waals surface area contributed by atoms with E-state index in [9.17, 15) is 14.4 Å². The third-order valence-corrected chi connectivity index (χ3v) is 4.85. The Morgan fingerprint density at radius 1 is 1.33 bits per heavy atom. The lowest BCUT2D eigenvalue weighted by Gasteiger charge is -2.22. The average molecular weight is 349 g/mol.